The number of ether oxygens (including phenoxy) is 3. The number of aryl methyl sites for hydroxylation is 1. The molecule has 37 heavy (non-hydrogen) atoms. The zero-order valence-corrected chi connectivity index (χ0v) is 21.5. The summed E-state index contributed by atoms with van der Waals surface area (Å²) in [7, 11) is 3.14. The van der Waals surface area contributed by atoms with Crippen LogP contribution in [0.1, 0.15) is 35.2 Å². The van der Waals surface area contributed by atoms with Gasteiger partial charge in [-0.1, -0.05) is 48.0 Å². The van der Waals surface area contributed by atoms with Crippen molar-refractivity contribution in [3.63, 3.8) is 0 Å². The van der Waals surface area contributed by atoms with Crippen LogP contribution in [0.15, 0.2) is 72.3 Å². The van der Waals surface area contributed by atoms with Gasteiger partial charge in [0, 0.05) is 12.1 Å². The van der Waals surface area contributed by atoms with E-state index < -0.39 is 17.7 Å². The van der Waals surface area contributed by atoms with Crippen LogP contribution in [0, 0.1) is 6.92 Å². The smallest absolute Gasteiger partial charge is 0.295 e. The number of methoxy groups -OCH3 is 2. The van der Waals surface area contributed by atoms with Gasteiger partial charge in [0.05, 0.1) is 32.4 Å². The first-order valence-corrected chi connectivity index (χ1v) is 12.2. The maximum absolute atomic E-state index is 13.3. The standard InChI is InChI=1S/C30H31NO6/c1-5-37-23-11-7-10-22(18-23)28(32)26-27(21-9-6-8-19(2)16-21)31(30(34)29(26)33)15-14-20-12-13-24(35-3)25(17-20)36-4/h6-13,16-18,27,32H,5,14-15H2,1-4H3/b28-26+. The highest BCUT2D eigenvalue weighted by Gasteiger charge is 2.45. The van der Waals surface area contributed by atoms with Crippen molar-refractivity contribution < 1.29 is 28.9 Å². The van der Waals surface area contributed by atoms with Gasteiger partial charge >= 0.3 is 0 Å². The van der Waals surface area contributed by atoms with Crippen LogP contribution in [-0.2, 0) is 16.0 Å². The molecule has 0 aliphatic carbocycles. The molecule has 1 aliphatic heterocycles. The van der Waals surface area contributed by atoms with E-state index in [1.54, 1.807) is 38.5 Å². The third-order valence-corrected chi connectivity index (χ3v) is 6.41. The molecule has 1 saturated heterocycles. The topological polar surface area (TPSA) is 85.3 Å². The van der Waals surface area contributed by atoms with Crippen LogP contribution in [0.3, 0.4) is 0 Å². The van der Waals surface area contributed by atoms with Gasteiger partial charge in [-0.3, -0.25) is 9.59 Å². The molecule has 0 aromatic heterocycles. The van der Waals surface area contributed by atoms with Crippen LogP contribution < -0.4 is 14.2 Å². The summed E-state index contributed by atoms with van der Waals surface area (Å²) in [6.45, 7) is 4.56. The fraction of sp³-hybridized carbons (Fsp3) is 0.267. The largest absolute Gasteiger partial charge is 0.507 e. The summed E-state index contributed by atoms with van der Waals surface area (Å²) in [5.74, 6) is 0.196. The molecule has 1 amide bonds. The molecule has 3 aromatic rings. The molecular formula is C30H31NO6. The minimum Gasteiger partial charge on any atom is -0.507 e. The molecule has 1 aliphatic rings. The van der Waals surface area contributed by atoms with E-state index in [1.165, 1.54) is 4.90 Å². The Bertz CT molecular complexity index is 1350. The normalized spacial score (nSPS) is 16.6. The van der Waals surface area contributed by atoms with Gasteiger partial charge in [0.2, 0.25) is 0 Å². The summed E-state index contributed by atoms with van der Waals surface area (Å²) in [5.41, 5.74) is 3.15. The van der Waals surface area contributed by atoms with E-state index in [0.717, 1.165) is 16.7 Å². The summed E-state index contributed by atoms with van der Waals surface area (Å²) >= 11 is 0. The maximum atomic E-state index is 13.3. The van der Waals surface area contributed by atoms with Crippen molar-refractivity contribution in [3.05, 3.63) is 94.6 Å². The van der Waals surface area contributed by atoms with Crippen molar-refractivity contribution in [2.75, 3.05) is 27.4 Å². The number of carbonyl (C=O) groups is 2. The van der Waals surface area contributed by atoms with E-state index in [0.29, 0.717) is 35.8 Å². The molecule has 7 heteroatoms. The molecule has 192 valence electrons. The predicted octanol–water partition coefficient (Wildman–Crippen LogP) is 5.08. The summed E-state index contributed by atoms with van der Waals surface area (Å²) in [4.78, 5) is 28.2. The zero-order valence-electron chi connectivity index (χ0n) is 21.5. The van der Waals surface area contributed by atoms with Crippen LogP contribution in [0.4, 0.5) is 0 Å². The second kappa shape index (κ2) is 11.2. The van der Waals surface area contributed by atoms with Gasteiger partial charge in [0.1, 0.15) is 11.5 Å². The van der Waals surface area contributed by atoms with Gasteiger partial charge in [-0.15, -0.1) is 0 Å². The Labute approximate surface area is 216 Å². The summed E-state index contributed by atoms with van der Waals surface area (Å²) < 4.78 is 16.3. The number of carbonyl (C=O) groups excluding carboxylic acids is 2. The number of ketones is 1. The highest BCUT2D eigenvalue weighted by Crippen LogP contribution is 2.40. The molecule has 1 unspecified atom stereocenters. The molecule has 0 radical (unpaired) electrons. The average molecular weight is 502 g/mol. The predicted molar refractivity (Wildman–Crippen MR) is 141 cm³/mol. The molecule has 0 spiro atoms. The molecular weight excluding hydrogens is 470 g/mol. The van der Waals surface area contributed by atoms with Crippen LogP contribution in [0.5, 0.6) is 17.2 Å². The lowest BCUT2D eigenvalue weighted by molar-refractivity contribution is -0.139. The number of aliphatic hydroxyl groups excluding tert-OH is 1. The fourth-order valence-electron chi connectivity index (χ4n) is 4.64. The first-order valence-electron chi connectivity index (χ1n) is 12.2. The molecule has 1 fully saturated rings. The van der Waals surface area contributed by atoms with Gasteiger partial charge in [-0.05, 0) is 55.7 Å². The molecule has 1 atom stereocenters. The molecule has 0 saturated carbocycles. The SMILES string of the molecule is CCOc1cccc(/C(O)=C2\C(=O)C(=O)N(CCc3ccc(OC)c(OC)c3)C2c2cccc(C)c2)c1. The lowest BCUT2D eigenvalue weighted by Crippen LogP contribution is -2.31. The Hall–Kier alpha value is -4.26. The van der Waals surface area contributed by atoms with Crippen LogP contribution in [0.25, 0.3) is 5.76 Å². The number of benzene rings is 3. The first-order chi connectivity index (χ1) is 17.9. The van der Waals surface area contributed by atoms with Gasteiger partial charge in [-0.25, -0.2) is 0 Å². The summed E-state index contributed by atoms with van der Waals surface area (Å²) in [6, 6.07) is 19.4. The monoisotopic (exact) mass is 501 g/mol. The van der Waals surface area contributed by atoms with E-state index in [4.69, 9.17) is 14.2 Å². The molecule has 0 bridgehead atoms. The lowest BCUT2D eigenvalue weighted by atomic mass is 9.94. The second-order valence-electron chi connectivity index (χ2n) is 8.81. The van der Waals surface area contributed by atoms with Crippen LogP contribution in [0.2, 0.25) is 0 Å². The van der Waals surface area contributed by atoms with Gasteiger partial charge in [0.25, 0.3) is 11.7 Å². The quantitative estimate of drug-likeness (QED) is 0.250. The molecule has 7 nitrogen and oxygen atoms in total. The number of hydrogen-bond acceptors (Lipinski definition) is 6. The summed E-state index contributed by atoms with van der Waals surface area (Å²) in [6.07, 6.45) is 0.482. The number of Topliss-reactive ketones (excluding diaryl/α,β-unsaturated/α-hetero) is 1. The molecule has 3 aromatic carbocycles. The van der Waals surface area contributed by atoms with Crippen LogP contribution in [-0.4, -0.2) is 49.1 Å². The lowest BCUT2D eigenvalue weighted by Gasteiger charge is -2.26. The first kappa shape index (κ1) is 25.8. The van der Waals surface area contributed by atoms with E-state index in [-0.39, 0.29) is 17.9 Å². The van der Waals surface area contributed by atoms with E-state index in [1.807, 2.05) is 56.3 Å². The highest BCUT2D eigenvalue weighted by molar-refractivity contribution is 6.46. The average Bonchev–Trinajstić information content (AvgIpc) is 3.16. The fourth-order valence-corrected chi connectivity index (χ4v) is 4.64. The number of likely N-dealkylation sites (tertiary alicyclic amines) is 1. The second-order valence-corrected chi connectivity index (χ2v) is 8.81. The third-order valence-electron chi connectivity index (χ3n) is 6.41. The van der Waals surface area contributed by atoms with Crippen molar-refractivity contribution in [3.8, 4) is 17.2 Å². The van der Waals surface area contributed by atoms with Crippen molar-refractivity contribution in [2.24, 2.45) is 0 Å². The minimum absolute atomic E-state index is 0.0663. The zero-order chi connectivity index (χ0) is 26.5. The van der Waals surface area contributed by atoms with E-state index in [9.17, 15) is 14.7 Å². The van der Waals surface area contributed by atoms with Crippen LogP contribution >= 0.6 is 0 Å². The molecule has 1 N–H and O–H groups in total. The maximum Gasteiger partial charge on any atom is 0.295 e. The van der Waals surface area contributed by atoms with Crippen molar-refractivity contribution >= 4 is 17.4 Å². The van der Waals surface area contributed by atoms with Crippen molar-refractivity contribution in [1.29, 1.82) is 0 Å². The Balaban J connectivity index is 1.75. The highest BCUT2D eigenvalue weighted by atomic mass is 16.5. The number of aliphatic hydroxyl groups is 1. The van der Waals surface area contributed by atoms with Crippen molar-refractivity contribution in [1.82, 2.24) is 4.90 Å². The number of rotatable bonds is 9. The Kier molecular flexibility index (Phi) is 7.82. The molecule has 4 rings (SSSR count). The Morgan fingerprint density at radius 1 is 0.946 bits per heavy atom. The van der Waals surface area contributed by atoms with Crippen molar-refractivity contribution in [2.45, 2.75) is 26.3 Å². The number of nitrogens with zero attached hydrogens (tertiary/aromatic N) is 1. The van der Waals surface area contributed by atoms with Gasteiger partial charge < -0.3 is 24.2 Å². The van der Waals surface area contributed by atoms with E-state index in [2.05, 4.69) is 0 Å². The van der Waals surface area contributed by atoms with Gasteiger partial charge in [-0.2, -0.15) is 0 Å². The number of amides is 1. The van der Waals surface area contributed by atoms with Gasteiger partial charge in [0.15, 0.2) is 11.5 Å². The number of hydrogen-bond donors (Lipinski definition) is 1. The minimum atomic E-state index is -0.726. The summed E-state index contributed by atoms with van der Waals surface area (Å²) in [5, 5.41) is 11.3. The Morgan fingerprint density at radius 3 is 2.41 bits per heavy atom. The van der Waals surface area contributed by atoms with E-state index >= 15 is 0 Å². The third kappa shape index (κ3) is 5.31. The molecule has 1 heterocycles. The Morgan fingerprint density at radius 2 is 1.70 bits per heavy atom.